The van der Waals surface area contributed by atoms with Crippen molar-refractivity contribution in [1.29, 1.82) is 0 Å². The van der Waals surface area contributed by atoms with E-state index in [0.29, 0.717) is 0 Å². The SMILES string of the molecule is CN(C)c1ccc(C[NH2+]CCCO)cc1. The molecular weight excluding hydrogens is 188 g/mol. The number of hydrogen-bond acceptors (Lipinski definition) is 2. The smallest absolute Gasteiger partial charge is 0.101 e. The molecule has 0 aliphatic heterocycles. The molecule has 0 heterocycles. The number of aliphatic hydroxyl groups excluding tert-OH is 1. The van der Waals surface area contributed by atoms with E-state index in [-0.39, 0.29) is 6.61 Å². The molecule has 0 fully saturated rings. The van der Waals surface area contributed by atoms with E-state index in [1.807, 2.05) is 14.1 Å². The molecule has 1 rings (SSSR count). The van der Waals surface area contributed by atoms with Crippen molar-refractivity contribution in [3.63, 3.8) is 0 Å². The summed E-state index contributed by atoms with van der Waals surface area (Å²) in [5, 5.41) is 10.9. The normalized spacial score (nSPS) is 10.3. The number of anilines is 1. The summed E-state index contributed by atoms with van der Waals surface area (Å²) in [4.78, 5) is 2.10. The predicted molar refractivity (Wildman–Crippen MR) is 63.0 cm³/mol. The first-order valence-electron chi connectivity index (χ1n) is 5.43. The van der Waals surface area contributed by atoms with Crippen molar-refractivity contribution >= 4 is 5.69 Å². The molecular formula is C12H21N2O+. The van der Waals surface area contributed by atoms with Gasteiger partial charge in [0.1, 0.15) is 6.54 Å². The van der Waals surface area contributed by atoms with Gasteiger partial charge in [0.25, 0.3) is 0 Å². The van der Waals surface area contributed by atoms with Crippen LogP contribution in [-0.4, -0.2) is 32.4 Å². The highest BCUT2D eigenvalue weighted by atomic mass is 16.3. The first-order chi connectivity index (χ1) is 7.24. The van der Waals surface area contributed by atoms with Crippen molar-refractivity contribution in [1.82, 2.24) is 0 Å². The van der Waals surface area contributed by atoms with Crippen LogP contribution in [0.5, 0.6) is 0 Å². The minimum absolute atomic E-state index is 0.288. The Bertz CT molecular complexity index is 269. The van der Waals surface area contributed by atoms with E-state index in [4.69, 9.17) is 5.11 Å². The molecule has 0 amide bonds. The summed E-state index contributed by atoms with van der Waals surface area (Å²) in [6.45, 7) is 2.27. The maximum Gasteiger partial charge on any atom is 0.101 e. The van der Waals surface area contributed by atoms with Crippen molar-refractivity contribution in [2.45, 2.75) is 13.0 Å². The lowest BCUT2D eigenvalue weighted by Crippen LogP contribution is -2.82. The van der Waals surface area contributed by atoms with Crippen molar-refractivity contribution in [3.05, 3.63) is 29.8 Å². The second-order valence-corrected chi connectivity index (χ2v) is 3.92. The Hall–Kier alpha value is -1.06. The van der Waals surface area contributed by atoms with Gasteiger partial charge in [-0.15, -0.1) is 0 Å². The fourth-order valence-electron chi connectivity index (χ4n) is 1.43. The molecule has 1 aromatic rings. The van der Waals surface area contributed by atoms with E-state index < -0.39 is 0 Å². The van der Waals surface area contributed by atoms with Crippen LogP contribution in [0.3, 0.4) is 0 Å². The zero-order valence-electron chi connectivity index (χ0n) is 9.61. The highest BCUT2D eigenvalue weighted by molar-refractivity contribution is 5.45. The topological polar surface area (TPSA) is 40.1 Å². The summed E-state index contributed by atoms with van der Waals surface area (Å²) < 4.78 is 0. The fraction of sp³-hybridized carbons (Fsp3) is 0.500. The van der Waals surface area contributed by atoms with Gasteiger partial charge < -0.3 is 15.3 Å². The van der Waals surface area contributed by atoms with Gasteiger partial charge in [0, 0.05) is 38.4 Å². The molecule has 0 atom stereocenters. The molecule has 0 aliphatic carbocycles. The number of hydrogen-bond donors (Lipinski definition) is 2. The Morgan fingerprint density at radius 2 is 1.87 bits per heavy atom. The average Bonchev–Trinajstić information content (AvgIpc) is 2.25. The Labute approximate surface area is 91.7 Å². The molecule has 0 aromatic heterocycles. The minimum atomic E-state index is 0.288. The number of nitrogens with two attached hydrogens (primary N) is 1. The van der Waals surface area contributed by atoms with E-state index in [1.54, 1.807) is 0 Å². The van der Waals surface area contributed by atoms with Gasteiger partial charge in [-0.1, -0.05) is 12.1 Å². The van der Waals surface area contributed by atoms with Crippen LogP contribution in [0.1, 0.15) is 12.0 Å². The predicted octanol–water partition coefficient (Wildman–Crippen LogP) is 0.198. The van der Waals surface area contributed by atoms with E-state index in [0.717, 1.165) is 19.5 Å². The molecule has 0 saturated heterocycles. The van der Waals surface area contributed by atoms with Gasteiger partial charge in [0.2, 0.25) is 0 Å². The van der Waals surface area contributed by atoms with E-state index in [2.05, 4.69) is 34.5 Å². The molecule has 0 aliphatic rings. The van der Waals surface area contributed by atoms with E-state index >= 15 is 0 Å². The third-order valence-corrected chi connectivity index (χ3v) is 2.40. The highest BCUT2D eigenvalue weighted by Gasteiger charge is 1.97. The lowest BCUT2D eigenvalue weighted by molar-refractivity contribution is -0.671. The molecule has 3 N–H and O–H groups in total. The number of nitrogens with zero attached hydrogens (tertiary/aromatic N) is 1. The summed E-state index contributed by atoms with van der Waals surface area (Å²) in [6, 6.07) is 8.58. The number of benzene rings is 1. The van der Waals surface area contributed by atoms with Gasteiger partial charge in [-0.05, 0) is 12.1 Å². The summed E-state index contributed by atoms with van der Waals surface area (Å²) in [7, 11) is 4.09. The molecule has 84 valence electrons. The standard InChI is InChI=1S/C12H20N2O/c1-14(2)12-6-4-11(5-7-12)10-13-8-3-9-15/h4-7,13,15H,3,8-10H2,1-2H3/p+1. The second-order valence-electron chi connectivity index (χ2n) is 3.92. The van der Waals surface area contributed by atoms with Crippen molar-refractivity contribution in [2.24, 2.45) is 0 Å². The van der Waals surface area contributed by atoms with Crippen molar-refractivity contribution in [3.8, 4) is 0 Å². The average molecular weight is 209 g/mol. The molecule has 1 aromatic carbocycles. The van der Waals surface area contributed by atoms with Crippen LogP contribution in [0.4, 0.5) is 5.69 Å². The van der Waals surface area contributed by atoms with Gasteiger partial charge in [-0.2, -0.15) is 0 Å². The van der Waals surface area contributed by atoms with Crippen molar-refractivity contribution in [2.75, 3.05) is 32.1 Å². The zero-order chi connectivity index (χ0) is 11.1. The molecule has 0 radical (unpaired) electrons. The molecule has 3 nitrogen and oxygen atoms in total. The number of aliphatic hydroxyl groups is 1. The zero-order valence-corrected chi connectivity index (χ0v) is 9.61. The maximum absolute atomic E-state index is 8.64. The summed E-state index contributed by atoms with van der Waals surface area (Å²) in [5.41, 5.74) is 2.56. The summed E-state index contributed by atoms with van der Waals surface area (Å²) in [6.07, 6.45) is 0.871. The van der Waals surface area contributed by atoms with Gasteiger partial charge in [0.05, 0.1) is 6.54 Å². The van der Waals surface area contributed by atoms with E-state index in [9.17, 15) is 0 Å². The van der Waals surface area contributed by atoms with Crippen LogP contribution < -0.4 is 10.2 Å². The lowest BCUT2D eigenvalue weighted by atomic mass is 10.2. The first kappa shape index (κ1) is 12.0. The Balaban J connectivity index is 2.36. The molecule has 0 unspecified atom stereocenters. The van der Waals surface area contributed by atoms with Crippen LogP contribution >= 0.6 is 0 Å². The largest absolute Gasteiger partial charge is 0.396 e. The van der Waals surface area contributed by atoms with Crippen LogP contribution in [0.2, 0.25) is 0 Å². The fourth-order valence-corrected chi connectivity index (χ4v) is 1.43. The highest BCUT2D eigenvalue weighted by Crippen LogP contribution is 2.11. The Morgan fingerprint density at radius 3 is 2.40 bits per heavy atom. The third-order valence-electron chi connectivity index (χ3n) is 2.40. The van der Waals surface area contributed by atoms with Crippen LogP contribution in [0.15, 0.2) is 24.3 Å². The van der Waals surface area contributed by atoms with Gasteiger partial charge in [-0.25, -0.2) is 0 Å². The summed E-state index contributed by atoms with van der Waals surface area (Å²) in [5.74, 6) is 0. The van der Waals surface area contributed by atoms with Gasteiger partial charge in [-0.3, -0.25) is 0 Å². The van der Waals surface area contributed by atoms with Gasteiger partial charge in [0.15, 0.2) is 0 Å². The minimum Gasteiger partial charge on any atom is -0.396 e. The molecule has 15 heavy (non-hydrogen) atoms. The molecule has 0 spiro atoms. The molecule has 0 saturated carbocycles. The van der Waals surface area contributed by atoms with Gasteiger partial charge >= 0.3 is 0 Å². The first-order valence-corrected chi connectivity index (χ1v) is 5.43. The third kappa shape index (κ3) is 4.32. The molecule has 3 heteroatoms. The lowest BCUT2D eigenvalue weighted by Gasteiger charge is -2.12. The van der Waals surface area contributed by atoms with Crippen LogP contribution in [0.25, 0.3) is 0 Å². The maximum atomic E-state index is 8.64. The second kappa shape index (κ2) is 6.43. The quantitative estimate of drug-likeness (QED) is 0.657. The van der Waals surface area contributed by atoms with Crippen LogP contribution in [0, 0.1) is 0 Å². The number of rotatable bonds is 6. The number of quaternary nitrogens is 1. The van der Waals surface area contributed by atoms with E-state index in [1.165, 1.54) is 11.3 Å². The monoisotopic (exact) mass is 209 g/mol. The molecule has 0 bridgehead atoms. The Morgan fingerprint density at radius 1 is 1.20 bits per heavy atom. The summed E-state index contributed by atoms with van der Waals surface area (Å²) >= 11 is 0. The van der Waals surface area contributed by atoms with Crippen LogP contribution in [-0.2, 0) is 6.54 Å². The Kier molecular flexibility index (Phi) is 5.15. The van der Waals surface area contributed by atoms with Crippen molar-refractivity contribution < 1.29 is 10.4 Å².